The van der Waals surface area contributed by atoms with Gasteiger partial charge in [-0.2, -0.15) is 0 Å². The van der Waals surface area contributed by atoms with Gasteiger partial charge in [-0.1, -0.05) is 0 Å². The molecule has 1 aliphatic rings. The van der Waals surface area contributed by atoms with Gasteiger partial charge in [-0.05, 0) is 0 Å². The molecular weight excluding hydrogens is 138 g/mol. The van der Waals surface area contributed by atoms with E-state index in [1.807, 2.05) is 0 Å². The summed E-state index contributed by atoms with van der Waals surface area (Å²) >= 11 is 0. The predicted octanol–water partition coefficient (Wildman–Crippen LogP) is -1.39. The Morgan fingerprint density at radius 2 is 2.50 bits per heavy atom. The van der Waals surface area contributed by atoms with E-state index in [2.05, 4.69) is 4.84 Å². The van der Waals surface area contributed by atoms with Crippen LogP contribution in [-0.2, 0) is 14.3 Å². The number of nitrogens with two attached hydrogens (primary N) is 1. The van der Waals surface area contributed by atoms with Crippen LogP contribution in [0.2, 0.25) is 0 Å². The number of aliphatic hydroxyl groups is 1. The van der Waals surface area contributed by atoms with Crippen LogP contribution in [0.1, 0.15) is 0 Å². The lowest BCUT2D eigenvalue weighted by Gasteiger charge is -2.06. The SMILES string of the molecule is NOCC1CO[C@@H](CO)O1. The zero-order valence-corrected chi connectivity index (χ0v) is 5.53. The monoisotopic (exact) mass is 149 g/mol. The van der Waals surface area contributed by atoms with Crippen LogP contribution in [0.4, 0.5) is 0 Å². The van der Waals surface area contributed by atoms with E-state index in [1.54, 1.807) is 0 Å². The van der Waals surface area contributed by atoms with Crippen LogP contribution in [0.5, 0.6) is 0 Å². The topological polar surface area (TPSA) is 73.9 Å². The van der Waals surface area contributed by atoms with Gasteiger partial charge < -0.3 is 19.4 Å². The second-order valence-electron chi connectivity index (χ2n) is 2.04. The minimum Gasteiger partial charge on any atom is -0.391 e. The summed E-state index contributed by atoms with van der Waals surface area (Å²) in [5.74, 6) is 4.80. The number of rotatable bonds is 3. The van der Waals surface area contributed by atoms with Gasteiger partial charge in [0.15, 0.2) is 6.29 Å². The fraction of sp³-hybridized carbons (Fsp3) is 1.00. The van der Waals surface area contributed by atoms with Crippen LogP contribution in [-0.4, -0.2) is 37.3 Å². The van der Waals surface area contributed by atoms with E-state index in [9.17, 15) is 0 Å². The van der Waals surface area contributed by atoms with Crippen molar-refractivity contribution in [1.82, 2.24) is 0 Å². The molecule has 0 bridgehead atoms. The Morgan fingerprint density at radius 3 is 3.00 bits per heavy atom. The Balaban J connectivity index is 2.15. The first kappa shape index (κ1) is 7.90. The Morgan fingerprint density at radius 1 is 1.70 bits per heavy atom. The number of aliphatic hydroxyl groups excluding tert-OH is 1. The molecule has 5 nitrogen and oxygen atoms in total. The second-order valence-corrected chi connectivity index (χ2v) is 2.04. The number of hydrogen-bond donors (Lipinski definition) is 2. The van der Waals surface area contributed by atoms with Gasteiger partial charge in [0.1, 0.15) is 6.10 Å². The van der Waals surface area contributed by atoms with E-state index in [0.717, 1.165) is 0 Å². The van der Waals surface area contributed by atoms with Gasteiger partial charge in [-0.3, -0.25) is 0 Å². The van der Waals surface area contributed by atoms with Crippen LogP contribution in [0.15, 0.2) is 0 Å². The van der Waals surface area contributed by atoms with Gasteiger partial charge in [-0.15, -0.1) is 0 Å². The van der Waals surface area contributed by atoms with Gasteiger partial charge >= 0.3 is 0 Å². The summed E-state index contributed by atoms with van der Waals surface area (Å²) in [6, 6.07) is 0. The molecule has 0 aromatic rings. The van der Waals surface area contributed by atoms with Crippen molar-refractivity contribution in [2.45, 2.75) is 12.4 Å². The zero-order valence-electron chi connectivity index (χ0n) is 5.53. The molecule has 0 radical (unpaired) electrons. The van der Waals surface area contributed by atoms with Gasteiger partial charge in [0.25, 0.3) is 0 Å². The van der Waals surface area contributed by atoms with Crippen molar-refractivity contribution < 1.29 is 19.4 Å². The summed E-state index contributed by atoms with van der Waals surface area (Å²) in [6.45, 7) is 0.611. The van der Waals surface area contributed by atoms with Crippen molar-refractivity contribution in [3.05, 3.63) is 0 Å². The highest BCUT2D eigenvalue weighted by atomic mass is 16.7. The first-order valence-electron chi connectivity index (χ1n) is 3.06. The normalized spacial score (nSPS) is 33.0. The number of ether oxygens (including phenoxy) is 2. The van der Waals surface area contributed by atoms with E-state index in [0.29, 0.717) is 13.2 Å². The first-order valence-corrected chi connectivity index (χ1v) is 3.06. The highest BCUT2D eigenvalue weighted by molar-refractivity contribution is 4.62. The Bertz CT molecular complexity index is 99.6. The van der Waals surface area contributed by atoms with E-state index < -0.39 is 6.29 Å². The Labute approximate surface area is 58.6 Å². The lowest BCUT2D eigenvalue weighted by molar-refractivity contribution is -0.0971. The standard InChI is InChI=1S/C5H11NO4/c6-9-3-4-2-8-5(1-7)10-4/h4-5,7H,1-3,6H2/t4?,5-/m1/s1. The van der Waals surface area contributed by atoms with Crippen molar-refractivity contribution in [3.8, 4) is 0 Å². The van der Waals surface area contributed by atoms with Crippen LogP contribution in [0.3, 0.4) is 0 Å². The van der Waals surface area contributed by atoms with Crippen LogP contribution < -0.4 is 5.90 Å². The molecule has 2 atom stereocenters. The molecule has 0 aromatic carbocycles. The minimum atomic E-state index is -0.500. The predicted molar refractivity (Wildman–Crippen MR) is 31.8 cm³/mol. The van der Waals surface area contributed by atoms with Crippen molar-refractivity contribution in [3.63, 3.8) is 0 Å². The maximum atomic E-state index is 8.53. The molecule has 1 rings (SSSR count). The largest absolute Gasteiger partial charge is 0.391 e. The molecule has 3 N–H and O–H groups in total. The lowest BCUT2D eigenvalue weighted by Crippen LogP contribution is -2.22. The molecule has 1 fully saturated rings. The maximum absolute atomic E-state index is 8.53. The molecular formula is C5H11NO4. The van der Waals surface area contributed by atoms with Crippen molar-refractivity contribution in [2.75, 3.05) is 19.8 Å². The molecule has 5 heteroatoms. The summed E-state index contributed by atoms with van der Waals surface area (Å²) in [4.78, 5) is 4.33. The third-order valence-corrected chi connectivity index (χ3v) is 1.24. The molecule has 60 valence electrons. The van der Waals surface area contributed by atoms with Crippen molar-refractivity contribution in [2.24, 2.45) is 5.90 Å². The summed E-state index contributed by atoms with van der Waals surface area (Å²) in [5, 5.41) is 8.53. The molecule has 0 saturated carbocycles. The molecule has 1 saturated heterocycles. The third kappa shape index (κ3) is 1.89. The molecule has 1 aliphatic heterocycles. The Hall–Kier alpha value is -0.200. The average Bonchev–Trinajstić information content (AvgIpc) is 2.37. The van der Waals surface area contributed by atoms with Crippen molar-refractivity contribution >= 4 is 0 Å². The first-order chi connectivity index (χ1) is 4.86. The zero-order chi connectivity index (χ0) is 7.40. The van der Waals surface area contributed by atoms with Crippen molar-refractivity contribution in [1.29, 1.82) is 0 Å². The highest BCUT2D eigenvalue weighted by Crippen LogP contribution is 2.10. The van der Waals surface area contributed by atoms with Gasteiger partial charge in [-0.25, -0.2) is 5.90 Å². The fourth-order valence-electron chi connectivity index (χ4n) is 0.798. The van der Waals surface area contributed by atoms with E-state index in [4.69, 9.17) is 20.5 Å². The molecule has 0 amide bonds. The third-order valence-electron chi connectivity index (χ3n) is 1.24. The quantitative estimate of drug-likeness (QED) is 0.483. The molecule has 0 aromatic heterocycles. The minimum absolute atomic E-state index is 0.124. The van der Waals surface area contributed by atoms with E-state index in [-0.39, 0.29) is 12.7 Å². The molecule has 0 spiro atoms. The van der Waals surface area contributed by atoms with Crippen LogP contribution in [0.25, 0.3) is 0 Å². The summed E-state index contributed by atoms with van der Waals surface area (Å²) in [6.07, 6.45) is -0.637. The summed E-state index contributed by atoms with van der Waals surface area (Å²) < 4.78 is 10.0. The Kier molecular flexibility index (Phi) is 3.04. The van der Waals surface area contributed by atoms with E-state index >= 15 is 0 Å². The highest BCUT2D eigenvalue weighted by Gasteiger charge is 2.24. The average molecular weight is 149 g/mol. The number of hydrogen-bond acceptors (Lipinski definition) is 5. The molecule has 0 aliphatic carbocycles. The lowest BCUT2D eigenvalue weighted by atomic mass is 10.4. The second kappa shape index (κ2) is 3.85. The molecule has 1 unspecified atom stereocenters. The maximum Gasteiger partial charge on any atom is 0.181 e. The fourth-order valence-corrected chi connectivity index (χ4v) is 0.798. The smallest absolute Gasteiger partial charge is 0.181 e. The summed E-state index contributed by atoms with van der Waals surface area (Å²) in [7, 11) is 0. The van der Waals surface area contributed by atoms with Gasteiger partial charge in [0.2, 0.25) is 0 Å². The summed E-state index contributed by atoms with van der Waals surface area (Å²) in [5.41, 5.74) is 0. The van der Waals surface area contributed by atoms with Gasteiger partial charge in [0.05, 0.1) is 19.8 Å². The van der Waals surface area contributed by atoms with Crippen LogP contribution in [0, 0.1) is 0 Å². The molecule has 1 heterocycles. The van der Waals surface area contributed by atoms with E-state index in [1.165, 1.54) is 0 Å². The van der Waals surface area contributed by atoms with Crippen LogP contribution >= 0.6 is 0 Å². The molecule has 10 heavy (non-hydrogen) atoms. The van der Waals surface area contributed by atoms with Gasteiger partial charge in [0, 0.05) is 0 Å².